The first kappa shape index (κ1) is 21.1. The smallest absolute Gasteiger partial charge is 0.238 e. The maximum absolute atomic E-state index is 12.5. The lowest BCUT2D eigenvalue weighted by atomic mass is 9.95. The van der Waals surface area contributed by atoms with Gasteiger partial charge in [-0.1, -0.05) is 25.1 Å². The summed E-state index contributed by atoms with van der Waals surface area (Å²) in [6.45, 7) is 8.04. The van der Waals surface area contributed by atoms with Gasteiger partial charge in [-0.3, -0.25) is 14.5 Å². The number of nitrogens with zero attached hydrogens (tertiary/aromatic N) is 1. The van der Waals surface area contributed by atoms with Gasteiger partial charge in [0.15, 0.2) is 0 Å². The summed E-state index contributed by atoms with van der Waals surface area (Å²) in [6, 6.07) is 14.1. The molecule has 1 fully saturated rings. The predicted molar refractivity (Wildman–Crippen MR) is 118 cm³/mol. The number of carbonyl (C=O) groups is 2. The molecule has 0 spiro atoms. The van der Waals surface area contributed by atoms with Gasteiger partial charge in [0.1, 0.15) is 0 Å². The summed E-state index contributed by atoms with van der Waals surface area (Å²) < 4.78 is 0. The highest BCUT2D eigenvalue weighted by molar-refractivity contribution is 5.93. The molecule has 0 bridgehead atoms. The molecule has 0 saturated carbocycles. The zero-order valence-corrected chi connectivity index (χ0v) is 17.6. The molecule has 2 amide bonds. The van der Waals surface area contributed by atoms with Crippen molar-refractivity contribution in [3.63, 3.8) is 0 Å². The predicted octanol–water partition coefficient (Wildman–Crippen LogP) is 4.16. The van der Waals surface area contributed by atoms with Crippen molar-refractivity contribution < 1.29 is 9.59 Å². The molecule has 0 unspecified atom stereocenters. The van der Waals surface area contributed by atoms with Gasteiger partial charge in [-0.05, 0) is 87.2 Å². The third kappa shape index (κ3) is 6.16. The van der Waals surface area contributed by atoms with Gasteiger partial charge < -0.3 is 10.6 Å². The maximum atomic E-state index is 12.5. The van der Waals surface area contributed by atoms with Crippen LogP contribution in [0, 0.1) is 19.8 Å². The van der Waals surface area contributed by atoms with Crippen LogP contribution >= 0.6 is 0 Å². The molecular formula is C24H31N3O2. The second kappa shape index (κ2) is 9.70. The highest BCUT2D eigenvalue weighted by Gasteiger charge is 2.26. The molecule has 29 heavy (non-hydrogen) atoms. The molecule has 0 aromatic heterocycles. The Morgan fingerprint density at radius 1 is 0.931 bits per heavy atom. The van der Waals surface area contributed by atoms with Crippen LogP contribution in [-0.4, -0.2) is 36.3 Å². The van der Waals surface area contributed by atoms with Gasteiger partial charge in [-0.2, -0.15) is 0 Å². The molecule has 2 aromatic carbocycles. The molecule has 0 radical (unpaired) electrons. The Balaban J connectivity index is 1.44. The molecular weight excluding hydrogens is 362 g/mol. The highest BCUT2D eigenvalue weighted by atomic mass is 16.2. The van der Waals surface area contributed by atoms with E-state index in [0.717, 1.165) is 54.9 Å². The Hall–Kier alpha value is -2.66. The third-order valence-electron chi connectivity index (χ3n) is 5.46. The number of anilines is 2. The number of carbonyl (C=O) groups excluding carboxylic acids is 2. The molecule has 3 rings (SSSR count). The third-order valence-corrected chi connectivity index (χ3v) is 5.46. The first-order valence-corrected chi connectivity index (χ1v) is 10.4. The number of likely N-dealkylation sites (tertiary alicyclic amines) is 1. The van der Waals surface area contributed by atoms with Crippen molar-refractivity contribution in [2.24, 2.45) is 5.92 Å². The van der Waals surface area contributed by atoms with Crippen LogP contribution in [0.25, 0.3) is 0 Å². The van der Waals surface area contributed by atoms with E-state index >= 15 is 0 Å². The summed E-state index contributed by atoms with van der Waals surface area (Å²) in [5.74, 6) is 0.0714. The average molecular weight is 394 g/mol. The molecule has 1 aliphatic rings. The standard InChI is InChI=1S/C24H31N3O2/c1-4-19-5-7-21(8-6-19)26-24(29)20-9-11-27(12-10-20)16-23(28)25-22-14-17(2)13-18(3)15-22/h5-8,13-15,20H,4,9-12,16H2,1-3H3,(H,25,28)(H,26,29). The van der Waals surface area contributed by atoms with E-state index in [-0.39, 0.29) is 17.7 Å². The van der Waals surface area contributed by atoms with Gasteiger partial charge in [0.2, 0.25) is 11.8 Å². The van der Waals surface area contributed by atoms with Crippen LogP contribution in [0.15, 0.2) is 42.5 Å². The summed E-state index contributed by atoms with van der Waals surface area (Å²) in [5.41, 5.74) is 5.22. The van der Waals surface area contributed by atoms with E-state index in [1.807, 2.05) is 50.2 Å². The fraction of sp³-hybridized carbons (Fsp3) is 0.417. The van der Waals surface area contributed by atoms with E-state index in [1.165, 1.54) is 5.56 Å². The Labute approximate surface area is 173 Å². The first-order valence-electron chi connectivity index (χ1n) is 10.4. The van der Waals surface area contributed by atoms with E-state index in [2.05, 4.69) is 28.5 Å². The van der Waals surface area contributed by atoms with Crippen LogP contribution in [0.4, 0.5) is 11.4 Å². The van der Waals surface area contributed by atoms with Crippen molar-refractivity contribution in [3.05, 3.63) is 59.2 Å². The van der Waals surface area contributed by atoms with E-state index < -0.39 is 0 Å². The van der Waals surface area contributed by atoms with Gasteiger partial charge in [0.25, 0.3) is 0 Å². The lowest BCUT2D eigenvalue weighted by molar-refractivity contribution is -0.121. The Morgan fingerprint density at radius 2 is 1.55 bits per heavy atom. The van der Waals surface area contributed by atoms with Gasteiger partial charge in [0, 0.05) is 17.3 Å². The summed E-state index contributed by atoms with van der Waals surface area (Å²) in [4.78, 5) is 27.0. The highest BCUT2D eigenvalue weighted by Crippen LogP contribution is 2.20. The summed E-state index contributed by atoms with van der Waals surface area (Å²) in [5, 5.41) is 6.01. The minimum atomic E-state index is -0.00563. The van der Waals surface area contributed by atoms with Crippen molar-refractivity contribution in [2.75, 3.05) is 30.3 Å². The lowest BCUT2D eigenvalue weighted by Crippen LogP contribution is -2.41. The number of rotatable bonds is 6. The van der Waals surface area contributed by atoms with Crippen LogP contribution in [-0.2, 0) is 16.0 Å². The van der Waals surface area contributed by atoms with Crippen LogP contribution in [0.5, 0.6) is 0 Å². The topological polar surface area (TPSA) is 61.4 Å². The van der Waals surface area contributed by atoms with Crippen LogP contribution in [0.1, 0.15) is 36.5 Å². The van der Waals surface area contributed by atoms with Crippen molar-refractivity contribution in [1.29, 1.82) is 0 Å². The molecule has 2 aromatic rings. The minimum absolute atomic E-state index is 0.000384. The molecule has 1 saturated heterocycles. The monoisotopic (exact) mass is 393 g/mol. The van der Waals surface area contributed by atoms with E-state index in [9.17, 15) is 9.59 Å². The first-order chi connectivity index (χ1) is 13.9. The molecule has 1 aliphatic heterocycles. The molecule has 5 heteroatoms. The average Bonchev–Trinajstić information content (AvgIpc) is 2.68. The fourth-order valence-electron chi connectivity index (χ4n) is 3.87. The number of piperidine rings is 1. The lowest BCUT2D eigenvalue weighted by Gasteiger charge is -2.30. The quantitative estimate of drug-likeness (QED) is 0.775. The van der Waals surface area contributed by atoms with Gasteiger partial charge in [-0.15, -0.1) is 0 Å². The summed E-state index contributed by atoms with van der Waals surface area (Å²) in [6.07, 6.45) is 2.54. The number of benzene rings is 2. The van der Waals surface area contributed by atoms with Crippen molar-refractivity contribution in [1.82, 2.24) is 4.90 Å². The number of amides is 2. The normalized spacial score (nSPS) is 15.1. The Morgan fingerprint density at radius 3 is 2.14 bits per heavy atom. The SMILES string of the molecule is CCc1ccc(NC(=O)C2CCN(CC(=O)Nc3cc(C)cc(C)c3)CC2)cc1. The molecule has 2 N–H and O–H groups in total. The van der Waals surface area contributed by atoms with E-state index in [4.69, 9.17) is 0 Å². The number of aryl methyl sites for hydroxylation is 3. The Kier molecular flexibility index (Phi) is 7.04. The second-order valence-corrected chi connectivity index (χ2v) is 8.01. The van der Waals surface area contributed by atoms with Gasteiger partial charge >= 0.3 is 0 Å². The molecule has 0 atom stereocenters. The molecule has 154 valence electrons. The van der Waals surface area contributed by atoms with Crippen molar-refractivity contribution >= 4 is 23.2 Å². The molecule has 5 nitrogen and oxygen atoms in total. The summed E-state index contributed by atoms with van der Waals surface area (Å²) in [7, 11) is 0. The van der Waals surface area contributed by atoms with Gasteiger partial charge in [0.05, 0.1) is 6.54 Å². The van der Waals surface area contributed by atoms with E-state index in [0.29, 0.717) is 6.54 Å². The van der Waals surface area contributed by atoms with Crippen molar-refractivity contribution in [3.8, 4) is 0 Å². The zero-order chi connectivity index (χ0) is 20.8. The number of hydrogen-bond donors (Lipinski definition) is 2. The fourth-order valence-corrected chi connectivity index (χ4v) is 3.87. The van der Waals surface area contributed by atoms with Gasteiger partial charge in [-0.25, -0.2) is 0 Å². The van der Waals surface area contributed by atoms with Crippen LogP contribution < -0.4 is 10.6 Å². The second-order valence-electron chi connectivity index (χ2n) is 8.01. The zero-order valence-electron chi connectivity index (χ0n) is 17.6. The van der Waals surface area contributed by atoms with Crippen molar-refractivity contribution in [2.45, 2.75) is 40.0 Å². The molecule has 1 heterocycles. The minimum Gasteiger partial charge on any atom is -0.326 e. The summed E-state index contributed by atoms with van der Waals surface area (Å²) >= 11 is 0. The Bertz CT molecular complexity index is 833. The number of nitrogens with one attached hydrogen (secondary N) is 2. The number of hydrogen-bond acceptors (Lipinski definition) is 3. The van der Waals surface area contributed by atoms with E-state index in [1.54, 1.807) is 0 Å². The van der Waals surface area contributed by atoms with Crippen LogP contribution in [0.2, 0.25) is 0 Å². The van der Waals surface area contributed by atoms with Crippen LogP contribution in [0.3, 0.4) is 0 Å². The maximum Gasteiger partial charge on any atom is 0.238 e. The largest absolute Gasteiger partial charge is 0.326 e. The molecule has 0 aliphatic carbocycles.